The molecule has 7 nitrogen and oxygen atoms in total. The third kappa shape index (κ3) is 6.87. The van der Waals surface area contributed by atoms with Crippen molar-refractivity contribution in [3.63, 3.8) is 0 Å². The first kappa shape index (κ1) is 23.9. The van der Waals surface area contributed by atoms with Gasteiger partial charge < -0.3 is 25.2 Å². The number of aliphatic imine (C=N–C) groups is 1. The molecular weight excluding hydrogens is 404 g/mol. The summed E-state index contributed by atoms with van der Waals surface area (Å²) >= 11 is 0. The highest BCUT2D eigenvalue weighted by atomic mass is 16.5. The minimum Gasteiger partial charge on any atom is -0.497 e. The Balaban J connectivity index is 1.58. The molecule has 1 saturated heterocycles. The summed E-state index contributed by atoms with van der Waals surface area (Å²) in [6.45, 7) is 5.94. The van der Waals surface area contributed by atoms with Crippen molar-refractivity contribution in [3.8, 4) is 11.5 Å². The molecule has 32 heavy (non-hydrogen) atoms. The van der Waals surface area contributed by atoms with Crippen LogP contribution in [0.15, 0.2) is 53.5 Å². The summed E-state index contributed by atoms with van der Waals surface area (Å²) in [4.78, 5) is 7.15. The van der Waals surface area contributed by atoms with E-state index in [0.717, 1.165) is 26.2 Å². The number of hydrogen-bond acceptors (Lipinski definition) is 5. The molecule has 1 fully saturated rings. The molecule has 1 aliphatic heterocycles. The van der Waals surface area contributed by atoms with Crippen molar-refractivity contribution in [1.82, 2.24) is 15.5 Å². The molecule has 2 aromatic rings. The van der Waals surface area contributed by atoms with Crippen molar-refractivity contribution in [2.45, 2.75) is 38.5 Å². The van der Waals surface area contributed by atoms with Gasteiger partial charge in [0.25, 0.3) is 0 Å². The topological polar surface area (TPSA) is 78.4 Å². The second-order valence-electron chi connectivity index (χ2n) is 8.01. The Morgan fingerprint density at radius 1 is 1.12 bits per heavy atom. The third-order valence-electron chi connectivity index (χ3n) is 5.76. The number of methoxy groups -OCH3 is 2. The fraction of sp³-hybridized carbons (Fsp3) is 0.480. The molecule has 2 aromatic carbocycles. The van der Waals surface area contributed by atoms with Crippen LogP contribution in [0.2, 0.25) is 0 Å². The number of aliphatic hydroxyl groups excluding tert-OH is 1. The molecule has 2 unspecified atom stereocenters. The lowest BCUT2D eigenvalue weighted by molar-refractivity contribution is 0.186. The van der Waals surface area contributed by atoms with E-state index in [9.17, 15) is 5.11 Å². The summed E-state index contributed by atoms with van der Waals surface area (Å²) < 4.78 is 10.6. The van der Waals surface area contributed by atoms with Crippen LogP contribution < -0.4 is 20.1 Å². The number of nitrogens with zero attached hydrogens (tertiary/aromatic N) is 2. The number of benzene rings is 2. The van der Waals surface area contributed by atoms with Gasteiger partial charge in [-0.1, -0.05) is 30.3 Å². The second-order valence-corrected chi connectivity index (χ2v) is 8.01. The zero-order valence-electron chi connectivity index (χ0n) is 19.4. The van der Waals surface area contributed by atoms with Crippen LogP contribution in [-0.4, -0.2) is 62.4 Å². The molecule has 174 valence electrons. The normalized spacial score (nSPS) is 17.8. The quantitative estimate of drug-likeness (QED) is 0.390. The number of guanidine groups is 1. The molecular formula is C25H36N4O3. The van der Waals surface area contributed by atoms with Crippen molar-refractivity contribution in [1.29, 1.82) is 0 Å². The summed E-state index contributed by atoms with van der Waals surface area (Å²) in [6.07, 6.45) is 1.63. The van der Waals surface area contributed by atoms with E-state index in [1.807, 2.05) is 19.1 Å². The van der Waals surface area contributed by atoms with E-state index in [2.05, 4.69) is 50.9 Å². The van der Waals surface area contributed by atoms with Crippen molar-refractivity contribution >= 4 is 5.96 Å². The van der Waals surface area contributed by atoms with E-state index in [0.29, 0.717) is 29.1 Å². The Morgan fingerprint density at radius 2 is 1.84 bits per heavy atom. The largest absolute Gasteiger partial charge is 0.497 e. The molecule has 0 aromatic heterocycles. The fourth-order valence-electron chi connectivity index (χ4n) is 4.01. The van der Waals surface area contributed by atoms with Crippen molar-refractivity contribution < 1.29 is 14.6 Å². The molecule has 0 bridgehead atoms. The molecule has 0 saturated carbocycles. The second kappa shape index (κ2) is 12.3. The van der Waals surface area contributed by atoms with Crippen LogP contribution in [0.5, 0.6) is 11.5 Å². The summed E-state index contributed by atoms with van der Waals surface area (Å²) in [5.41, 5.74) is 2.06. The van der Waals surface area contributed by atoms with Crippen LogP contribution in [-0.2, 0) is 6.54 Å². The average molecular weight is 441 g/mol. The lowest BCUT2D eigenvalue weighted by atomic mass is 10.1. The number of ether oxygens (including phenoxy) is 2. The van der Waals surface area contributed by atoms with Crippen molar-refractivity contribution in [2.24, 2.45) is 4.99 Å². The van der Waals surface area contributed by atoms with Crippen LogP contribution in [0.1, 0.15) is 37.0 Å². The van der Waals surface area contributed by atoms with E-state index in [4.69, 9.17) is 9.47 Å². The van der Waals surface area contributed by atoms with E-state index in [1.54, 1.807) is 20.3 Å². The van der Waals surface area contributed by atoms with Gasteiger partial charge in [0, 0.05) is 31.7 Å². The highest BCUT2D eigenvalue weighted by Crippen LogP contribution is 2.26. The molecule has 0 amide bonds. The first-order chi connectivity index (χ1) is 15.6. The minimum atomic E-state index is -0.754. The van der Waals surface area contributed by atoms with Gasteiger partial charge in [0.15, 0.2) is 5.96 Å². The molecule has 2 atom stereocenters. The van der Waals surface area contributed by atoms with Crippen LogP contribution in [0.3, 0.4) is 0 Å². The van der Waals surface area contributed by atoms with Gasteiger partial charge in [-0.3, -0.25) is 9.89 Å². The van der Waals surface area contributed by atoms with E-state index < -0.39 is 6.10 Å². The maximum atomic E-state index is 10.7. The Labute approximate surface area is 191 Å². The highest BCUT2D eigenvalue weighted by Gasteiger charge is 2.24. The van der Waals surface area contributed by atoms with Crippen molar-refractivity contribution in [3.05, 3.63) is 59.7 Å². The fourth-order valence-corrected chi connectivity index (χ4v) is 4.01. The predicted octanol–water partition coefficient (Wildman–Crippen LogP) is 2.96. The molecule has 0 spiro atoms. The summed E-state index contributed by atoms with van der Waals surface area (Å²) in [5, 5.41) is 17.4. The monoisotopic (exact) mass is 440 g/mol. The average Bonchev–Trinajstić information content (AvgIpc) is 3.27. The van der Waals surface area contributed by atoms with Gasteiger partial charge in [-0.05, 0) is 49.6 Å². The molecule has 1 heterocycles. The van der Waals surface area contributed by atoms with Gasteiger partial charge in [0.1, 0.15) is 11.5 Å². The van der Waals surface area contributed by atoms with Gasteiger partial charge >= 0.3 is 0 Å². The van der Waals surface area contributed by atoms with Gasteiger partial charge in [-0.2, -0.15) is 0 Å². The number of rotatable bonds is 10. The lowest BCUT2D eigenvalue weighted by Gasteiger charge is -2.25. The molecule has 7 heteroatoms. The summed E-state index contributed by atoms with van der Waals surface area (Å²) in [7, 11) is 3.20. The Bertz CT molecular complexity index is 837. The van der Waals surface area contributed by atoms with E-state index >= 15 is 0 Å². The lowest BCUT2D eigenvalue weighted by Crippen LogP contribution is -2.44. The van der Waals surface area contributed by atoms with E-state index in [1.165, 1.54) is 18.4 Å². The zero-order valence-corrected chi connectivity index (χ0v) is 19.4. The van der Waals surface area contributed by atoms with Crippen LogP contribution in [0.25, 0.3) is 0 Å². The maximum Gasteiger partial charge on any atom is 0.191 e. The Kier molecular flexibility index (Phi) is 9.19. The first-order valence-electron chi connectivity index (χ1n) is 11.3. The number of hydrogen-bond donors (Lipinski definition) is 3. The van der Waals surface area contributed by atoms with Gasteiger partial charge in [0.05, 0.1) is 26.9 Å². The molecule has 1 aliphatic rings. The van der Waals surface area contributed by atoms with Gasteiger partial charge in [0.2, 0.25) is 0 Å². The highest BCUT2D eigenvalue weighted by molar-refractivity contribution is 5.79. The van der Waals surface area contributed by atoms with Crippen molar-refractivity contribution in [2.75, 3.05) is 40.4 Å². The zero-order chi connectivity index (χ0) is 22.8. The molecule has 0 aliphatic carbocycles. The van der Waals surface area contributed by atoms with Gasteiger partial charge in [-0.15, -0.1) is 0 Å². The summed E-state index contributed by atoms with van der Waals surface area (Å²) in [6, 6.07) is 16.5. The first-order valence-corrected chi connectivity index (χ1v) is 11.3. The molecule has 0 radical (unpaired) electrons. The number of aliphatic hydroxyl groups is 1. The minimum absolute atomic E-state index is 0.240. The molecule has 3 N–H and O–H groups in total. The Morgan fingerprint density at radius 3 is 2.50 bits per heavy atom. The maximum absolute atomic E-state index is 10.7. The summed E-state index contributed by atoms with van der Waals surface area (Å²) in [5.74, 6) is 2.01. The third-order valence-corrected chi connectivity index (χ3v) is 5.76. The van der Waals surface area contributed by atoms with Crippen LogP contribution >= 0.6 is 0 Å². The number of likely N-dealkylation sites (tertiary alicyclic amines) is 1. The van der Waals surface area contributed by atoms with Crippen LogP contribution in [0.4, 0.5) is 0 Å². The SMILES string of the molecule is CCNC(=NCC(O)c1cc(OC)cc(OC)c1)NCC1CCCN1Cc1ccccc1. The Hall–Kier alpha value is -2.77. The number of nitrogens with one attached hydrogen (secondary N) is 2. The van der Waals surface area contributed by atoms with E-state index in [-0.39, 0.29) is 6.54 Å². The molecule has 3 rings (SSSR count). The smallest absolute Gasteiger partial charge is 0.191 e. The predicted molar refractivity (Wildman–Crippen MR) is 128 cm³/mol. The standard InChI is InChI=1S/C25H36N4O3/c1-4-26-25(28-17-24(30)20-13-22(31-2)15-23(14-20)32-3)27-16-21-11-8-12-29(21)18-19-9-6-5-7-10-19/h5-7,9-10,13-15,21,24,30H,4,8,11-12,16-18H2,1-3H3,(H2,26,27,28). The van der Waals surface area contributed by atoms with Crippen LogP contribution in [0, 0.1) is 0 Å². The van der Waals surface area contributed by atoms with Gasteiger partial charge in [-0.25, -0.2) is 0 Å².